The standard InChI is InChI=1S/C13H15N3O2S/c1-9-16-8-12(19-9)13(17)15-6-7-18-11-4-2-10(14)3-5-11/h2-5,8H,6-7,14H2,1H3,(H,15,17). The van der Waals surface area contributed by atoms with Gasteiger partial charge in [-0.3, -0.25) is 4.79 Å². The fourth-order valence-electron chi connectivity index (χ4n) is 1.45. The lowest BCUT2D eigenvalue weighted by Gasteiger charge is -2.07. The van der Waals surface area contributed by atoms with Crippen molar-refractivity contribution in [3.8, 4) is 5.75 Å². The summed E-state index contributed by atoms with van der Waals surface area (Å²) in [5, 5.41) is 3.65. The Morgan fingerprint density at radius 2 is 2.16 bits per heavy atom. The number of nitrogens with one attached hydrogen (secondary N) is 1. The largest absolute Gasteiger partial charge is 0.492 e. The van der Waals surface area contributed by atoms with Gasteiger partial charge in [0.1, 0.15) is 17.2 Å². The number of hydrogen-bond acceptors (Lipinski definition) is 5. The summed E-state index contributed by atoms with van der Waals surface area (Å²) in [5.41, 5.74) is 6.27. The minimum absolute atomic E-state index is 0.119. The molecule has 1 aromatic heterocycles. The molecule has 100 valence electrons. The molecule has 0 spiro atoms. The molecule has 1 aromatic carbocycles. The van der Waals surface area contributed by atoms with Crippen LogP contribution in [0.15, 0.2) is 30.5 Å². The number of thiazole rings is 1. The van der Waals surface area contributed by atoms with Crippen molar-refractivity contribution in [2.45, 2.75) is 6.92 Å². The van der Waals surface area contributed by atoms with Crippen molar-refractivity contribution in [2.75, 3.05) is 18.9 Å². The maximum Gasteiger partial charge on any atom is 0.263 e. The molecule has 0 unspecified atom stereocenters. The highest BCUT2D eigenvalue weighted by atomic mass is 32.1. The van der Waals surface area contributed by atoms with Gasteiger partial charge in [0.2, 0.25) is 0 Å². The van der Waals surface area contributed by atoms with Gasteiger partial charge in [-0.1, -0.05) is 0 Å². The predicted molar refractivity (Wildman–Crippen MR) is 75.5 cm³/mol. The molecule has 2 rings (SSSR count). The number of nitrogens with zero attached hydrogens (tertiary/aromatic N) is 1. The van der Waals surface area contributed by atoms with Crippen molar-refractivity contribution in [2.24, 2.45) is 0 Å². The highest BCUT2D eigenvalue weighted by Crippen LogP contribution is 2.13. The molecule has 0 bridgehead atoms. The molecule has 3 N–H and O–H groups in total. The Morgan fingerprint density at radius 3 is 2.79 bits per heavy atom. The minimum atomic E-state index is -0.119. The van der Waals surface area contributed by atoms with Crippen molar-refractivity contribution in [3.05, 3.63) is 40.3 Å². The highest BCUT2D eigenvalue weighted by molar-refractivity contribution is 7.13. The van der Waals surface area contributed by atoms with Crippen LogP contribution in [0.5, 0.6) is 5.75 Å². The van der Waals surface area contributed by atoms with E-state index < -0.39 is 0 Å². The molecule has 1 amide bonds. The zero-order valence-electron chi connectivity index (χ0n) is 10.6. The molecular formula is C13H15N3O2S. The maximum atomic E-state index is 11.7. The molecule has 0 saturated heterocycles. The normalized spacial score (nSPS) is 10.2. The molecule has 0 saturated carbocycles. The molecule has 1 heterocycles. The van der Waals surface area contributed by atoms with Crippen LogP contribution in [0.4, 0.5) is 5.69 Å². The van der Waals surface area contributed by atoms with Crippen LogP contribution in [0.2, 0.25) is 0 Å². The van der Waals surface area contributed by atoms with Crippen molar-refractivity contribution in [1.29, 1.82) is 0 Å². The number of amides is 1. The van der Waals surface area contributed by atoms with Crippen LogP contribution in [-0.2, 0) is 0 Å². The average molecular weight is 277 g/mol. The number of carbonyl (C=O) groups is 1. The molecule has 0 aliphatic heterocycles. The van der Waals surface area contributed by atoms with Crippen LogP contribution in [0, 0.1) is 6.92 Å². The molecule has 0 aliphatic rings. The first-order valence-electron chi connectivity index (χ1n) is 5.84. The number of aromatic nitrogens is 1. The van der Waals surface area contributed by atoms with Gasteiger partial charge in [0, 0.05) is 5.69 Å². The number of carbonyl (C=O) groups excluding carboxylic acids is 1. The lowest BCUT2D eigenvalue weighted by Crippen LogP contribution is -2.27. The van der Waals surface area contributed by atoms with E-state index in [0.717, 1.165) is 10.8 Å². The molecule has 0 radical (unpaired) electrons. The summed E-state index contributed by atoms with van der Waals surface area (Å²) in [6.45, 7) is 2.72. The SMILES string of the molecule is Cc1ncc(C(=O)NCCOc2ccc(N)cc2)s1. The van der Waals surface area contributed by atoms with E-state index in [-0.39, 0.29) is 5.91 Å². The van der Waals surface area contributed by atoms with Crippen LogP contribution >= 0.6 is 11.3 Å². The van der Waals surface area contributed by atoms with E-state index in [4.69, 9.17) is 10.5 Å². The van der Waals surface area contributed by atoms with Crippen molar-refractivity contribution >= 4 is 22.9 Å². The average Bonchev–Trinajstić information content (AvgIpc) is 2.83. The van der Waals surface area contributed by atoms with E-state index in [1.54, 1.807) is 30.5 Å². The predicted octanol–water partition coefficient (Wildman–Crippen LogP) is 1.84. The Labute approximate surface area is 115 Å². The zero-order valence-corrected chi connectivity index (χ0v) is 11.4. The van der Waals surface area contributed by atoms with Crippen molar-refractivity contribution in [1.82, 2.24) is 10.3 Å². The first-order valence-corrected chi connectivity index (χ1v) is 6.66. The van der Waals surface area contributed by atoms with Crippen LogP contribution in [0.1, 0.15) is 14.7 Å². The minimum Gasteiger partial charge on any atom is -0.492 e. The Bertz CT molecular complexity index is 551. The second kappa shape index (κ2) is 6.19. The third kappa shape index (κ3) is 3.96. The number of nitrogen functional groups attached to an aromatic ring is 1. The number of rotatable bonds is 5. The van der Waals surface area contributed by atoms with Gasteiger partial charge in [0.25, 0.3) is 5.91 Å². The number of ether oxygens (including phenoxy) is 1. The molecule has 0 fully saturated rings. The molecule has 5 nitrogen and oxygen atoms in total. The smallest absolute Gasteiger partial charge is 0.263 e. The Hall–Kier alpha value is -2.08. The lowest BCUT2D eigenvalue weighted by molar-refractivity contribution is 0.0951. The third-order valence-corrected chi connectivity index (χ3v) is 3.29. The second-order valence-electron chi connectivity index (χ2n) is 3.92. The Kier molecular flexibility index (Phi) is 4.35. The first-order chi connectivity index (χ1) is 9.15. The summed E-state index contributed by atoms with van der Waals surface area (Å²) in [4.78, 5) is 16.4. The monoisotopic (exact) mass is 277 g/mol. The van der Waals surface area contributed by atoms with E-state index in [1.807, 2.05) is 6.92 Å². The van der Waals surface area contributed by atoms with Gasteiger partial charge in [-0.15, -0.1) is 11.3 Å². The summed E-state index contributed by atoms with van der Waals surface area (Å²) < 4.78 is 5.47. The summed E-state index contributed by atoms with van der Waals surface area (Å²) in [7, 11) is 0. The van der Waals surface area contributed by atoms with Gasteiger partial charge < -0.3 is 15.8 Å². The van der Waals surface area contributed by atoms with Crippen molar-refractivity contribution < 1.29 is 9.53 Å². The molecular weight excluding hydrogens is 262 g/mol. The molecule has 19 heavy (non-hydrogen) atoms. The fourth-order valence-corrected chi connectivity index (χ4v) is 2.14. The van der Waals surface area contributed by atoms with E-state index in [2.05, 4.69) is 10.3 Å². The molecule has 2 aromatic rings. The Balaban J connectivity index is 1.72. The van der Waals surface area contributed by atoms with Crippen LogP contribution in [0.3, 0.4) is 0 Å². The summed E-state index contributed by atoms with van der Waals surface area (Å²) in [6, 6.07) is 7.13. The van der Waals surface area contributed by atoms with E-state index >= 15 is 0 Å². The van der Waals surface area contributed by atoms with Crippen LogP contribution < -0.4 is 15.8 Å². The lowest BCUT2D eigenvalue weighted by atomic mass is 10.3. The number of nitrogens with two attached hydrogens (primary N) is 1. The fraction of sp³-hybridized carbons (Fsp3) is 0.231. The van der Waals surface area contributed by atoms with Crippen LogP contribution in [0.25, 0.3) is 0 Å². The van der Waals surface area contributed by atoms with Crippen LogP contribution in [-0.4, -0.2) is 24.0 Å². The number of benzene rings is 1. The van der Waals surface area contributed by atoms with Gasteiger partial charge in [-0.25, -0.2) is 4.98 Å². The Morgan fingerprint density at radius 1 is 1.42 bits per heavy atom. The van der Waals surface area contributed by atoms with E-state index in [9.17, 15) is 4.79 Å². The summed E-state index contributed by atoms with van der Waals surface area (Å²) in [5.74, 6) is 0.614. The highest BCUT2D eigenvalue weighted by Gasteiger charge is 2.07. The summed E-state index contributed by atoms with van der Waals surface area (Å²) in [6.07, 6.45) is 1.58. The first kappa shape index (κ1) is 13.4. The maximum absolute atomic E-state index is 11.7. The molecule has 6 heteroatoms. The second-order valence-corrected chi connectivity index (χ2v) is 5.15. The topological polar surface area (TPSA) is 77.2 Å². The van der Waals surface area contributed by atoms with Gasteiger partial charge >= 0.3 is 0 Å². The zero-order chi connectivity index (χ0) is 13.7. The number of hydrogen-bond donors (Lipinski definition) is 2. The molecule has 0 aliphatic carbocycles. The summed E-state index contributed by atoms with van der Waals surface area (Å²) >= 11 is 1.37. The number of aryl methyl sites for hydroxylation is 1. The van der Waals surface area contributed by atoms with Gasteiger partial charge in [-0.05, 0) is 31.2 Å². The quantitative estimate of drug-likeness (QED) is 0.646. The van der Waals surface area contributed by atoms with Crippen molar-refractivity contribution in [3.63, 3.8) is 0 Å². The van der Waals surface area contributed by atoms with Gasteiger partial charge in [0.05, 0.1) is 17.7 Å². The number of anilines is 1. The van der Waals surface area contributed by atoms with E-state index in [1.165, 1.54) is 11.3 Å². The molecule has 0 atom stereocenters. The van der Waals surface area contributed by atoms with E-state index in [0.29, 0.717) is 23.7 Å². The van der Waals surface area contributed by atoms with Gasteiger partial charge in [-0.2, -0.15) is 0 Å². The van der Waals surface area contributed by atoms with Gasteiger partial charge in [0.15, 0.2) is 0 Å². The third-order valence-electron chi connectivity index (χ3n) is 2.38.